The van der Waals surface area contributed by atoms with E-state index in [4.69, 9.17) is 0 Å². The van der Waals surface area contributed by atoms with Crippen LogP contribution in [0.2, 0.25) is 0 Å². The molecular formula is C24H25N5O3. The van der Waals surface area contributed by atoms with E-state index in [0.717, 1.165) is 34.2 Å². The lowest BCUT2D eigenvalue weighted by Crippen LogP contribution is -2.42. The monoisotopic (exact) mass is 431 g/mol. The molecule has 1 aliphatic carbocycles. The zero-order chi connectivity index (χ0) is 22.2. The number of rotatable bonds is 5. The van der Waals surface area contributed by atoms with Crippen molar-refractivity contribution in [2.24, 2.45) is 0 Å². The second-order valence-corrected chi connectivity index (χ2v) is 8.49. The second-order valence-electron chi connectivity index (χ2n) is 8.49. The van der Waals surface area contributed by atoms with Crippen molar-refractivity contribution in [2.75, 3.05) is 6.54 Å². The summed E-state index contributed by atoms with van der Waals surface area (Å²) < 4.78 is 2.47. The summed E-state index contributed by atoms with van der Waals surface area (Å²) in [6, 6.07) is 16.0. The number of amides is 2. The summed E-state index contributed by atoms with van der Waals surface area (Å²) in [6.45, 7) is 3.06. The molecule has 5 rings (SSSR count). The zero-order valence-corrected chi connectivity index (χ0v) is 18.0. The number of fused-ring (bicyclic) bond motifs is 2. The molecule has 0 saturated carbocycles. The van der Waals surface area contributed by atoms with Gasteiger partial charge in [0.2, 0.25) is 11.7 Å². The molecule has 0 radical (unpaired) electrons. The summed E-state index contributed by atoms with van der Waals surface area (Å²) in [4.78, 5) is 40.1. The van der Waals surface area contributed by atoms with Crippen LogP contribution in [0.4, 0.5) is 0 Å². The largest absolute Gasteiger partial charge is 0.348 e. The maximum absolute atomic E-state index is 13.0. The van der Waals surface area contributed by atoms with Crippen molar-refractivity contribution in [1.29, 1.82) is 0 Å². The minimum atomic E-state index is -0.425. The molecular weight excluding hydrogens is 406 g/mol. The van der Waals surface area contributed by atoms with Gasteiger partial charge in [-0.25, -0.2) is 9.48 Å². The van der Waals surface area contributed by atoms with Gasteiger partial charge in [-0.1, -0.05) is 54.1 Å². The number of hydrogen-bond acceptors (Lipinski definition) is 4. The average Bonchev–Trinajstić information content (AvgIpc) is 3.32. The lowest BCUT2D eigenvalue weighted by molar-refractivity contribution is -0.122. The van der Waals surface area contributed by atoms with Gasteiger partial charge in [0.25, 0.3) is 5.91 Å². The number of benzene rings is 2. The maximum Gasteiger partial charge on any atom is 0.346 e. The molecule has 0 fully saturated rings. The molecule has 0 unspecified atom stereocenters. The summed E-state index contributed by atoms with van der Waals surface area (Å²) in [5.41, 5.74) is 4.10. The number of aryl methyl sites for hydroxylation is 2. The molecule has 1 N–H and O–H groups in total. The van der Waals surface area contributed by atoms with Gasteiger partial charge in [0.15, 0.2) is 0 Å². The summed E-state index contributed by atoms with van der Waals surface area (Å²) >= 11 is 0. The SMILES string of the molecule is Cc1cccc(CN2CCn3c(nn(CC(=O)N[C@H]4CCc5ccccc54)c3=O)C2=O)c1. The fraction of sp³-hybridized carbons (Fsp3) is 0.333. The van der Waals surface area contributed by atoms with Crippen LogP contribution in [-0.4, -0.2) is 37.6 Å². The van der Waals surface area contributed by atoms with Crippen molar-refractivity contribution in [2.45, 2.75) is 45.4 Å². The van der Waals surface area contributed by atoms with Gasteiger partial charge in [-0.2, -0.15) is 0 Å². The first-order valence-corrected chi connectivity index (χ1v) is 10.9. The second kappa shape index (κ2) is 8.11. The number of carbonyl (C=O) groups is 2. The Bertz CT molecular complexity index is 1260. The Hall–Kier alpha value is -3.68. The molecule has 2 aliphatic rings. The van der Waals surface area contributed by atoms with Crippen LogP contribution in [0, 0.1) is 6.92 Å². The van der Waals surface area contributed by atoms with E-state index in [1.54, 1.807) is 4.90 Å². The lowest BCUT2D eigenvalue weighted by Gasteiger charge is -2.26. The smallest absolute Gasteiger partial charge is 0.346 e. The highest BCUT2D eigenvalue weighted by molar-refractivity contribution is 5.91. The van der Waals surface area contributed by atoms with Crippen LogP contribution in [0.5, 0.6) is 0 Å². The first kappa shape index (κ1) is 20.2. The highest BCUT2D eigenvalue weighted by Gasteiger charge is 2.30. The summed E-state index contributed by atoms with van der Waals surface area (Å²) in [5, 5.41) is 7.22. The van der Waals surface area contributed by atoms with E-state index in [-0.39, 0.29) is 30.2 Å². The van der Waals surface area contributed by atoms with E-state index < -0.39 is 5.69 Å². The van der Waals surface area contributed by atoms with Crippen LogP contribution in [0.3, 0.4) is 0 Å². The number of hydrogen-bond donors (Lipinski definition) is 1. The van der Waals surface area contributed by atoms with Gasteiger partial charge in [-0.15, -0.1) is 5.10 Å². The first-order chi connectivity index (χ1) is 15.5. The van der Waals surface area contributed by atoms with Crippen molar-refractivity contribution < 1.29 is 9.59 Å². The number of nitrogens with zero attached hydrogens (tertiary/aromatic N) is 4. The zero-order valence-electron chi connectivity index (χ0n) is 18.0. The van der Waals surface area contributed by atoms with Gasteiger partial charge in [0.05, 0.1) is 6.04 Å². The third kappa shape index (κ3) is 3.72. The van der Waals surface area contributed by atoms with Crippen molar-refractivity contribution >= 4 is 11.8 Å². The topological polar surface area (TPSA) is 89.2 Å². The predicted molar refractivity (Wildman–Crippen MR) is 118 cm³/mol. The Morgan fingerprint density at radius 1 is 1.12 bits per heavy atom. The number of nitrogens with one attached hydrogen (secondary N) is 1. The Kier molecular flexibility index (Phi) is 5.13. The average molecular weight is 431 g/mol. The molecule has 2 heterocycles. The molecule has 2 amide bonds. The fourth-order valence-electron chi connectivity index (χ4n) is 4.63. The minimum absolute atomic E-state index is 0.0573. The van der Waals surface area contributed by atoms with Crippen LogP contribution in [0.15, 0.2) is 53.3 Å². The molecule has 0 bridgehead atoms. The normalized spacial score (nSPS) is 17.2. The number of aromatic nitrogens is 3. The third-order valence-electron chi connectivity index (χ3n) is 6.21. The van der Waals surface area contributed by atoms with Gasteiger partial charge < -0.3 is 10.2 Å². The summed E-state index contributed by atoms with van der Waals surface area (Å²) in [7, 11) is 0. The van der Waals surface area contributed by atoms with E-state index in [9.17, 15) is 14.4 Å². The van der Waals surface area contributed by atoms with Crippen LogP contribution < -0.4 is 11.0 Å². The van der Waals surface area contributed by atoms with E-state index in [2.05, 4.69) is 16.5 Å². The van der Waals surface area contributed by atoms with E-state index in [1.165, 1.54) is 10.1 Å². The standard InChI is InChI=1S/C24H25N5O3/c1-16-5-4-6-17(13-16)14-27-11-12-28-22(23(27)31)26-29(24(28)32)15-21(30)25-20-10-9-18-7-2-3-8-19(18)20/h2-8,13,20H,9-12,14-15H2,1H3,(H,25,30)/t20-/m0/s1. The molecule has 2 aromatic carbocycles. The van der Waals surface area contributed by atoms with Crippen molar-refractivity contribution in [1.82, 2.24) is 24.6 Å². The molecule has 0 spiro atoms. The van der Waals surface area contributed by atoms with Crippen molar-refractivity contribution in [3.8, 4) is 0 Å². The van der Waals surface area contributed by atoms with E-state index in [0.29, 0.717) is 19.6 Å². The van der Waals surface area contributed by atoms with E-state index >= 15 is 0 Å². The highest BCUT2D eigenvalue weighted by atomic mass is 16.2. The molecule has 1 aromatic heterocycles. The Morgan fingerprint density at radius 2 is 1.97 bits per heavy atom. The number of carbonyl (C=O) groups excluding carboxylic acids is 2. The Labute approximate surface area is 185 Å². The van der Waals surface area contributed by atoms with Crippen LogP contribution in [-0.2, 0) is 30.8 Å². The predicted octanol–water partition coefficient (Wildman–Crippen LogP) is 1.81. The van der Waals surface area contributed by atoms with Gasteiger partial charge in [-0.05, 0) is 36.5 Å². The van der Waals surface area contributed by atoms with Crippen LogP contribution in [0.25, 0.3) is 0 Å². The Balaban J connectivity index is 1.29. The minimum Gasteiger partial charge on any atom is -0.348 e. The fourth-order valence-corrected chi connectivity index (χ4v) is 4.63. The van der Waals surface area contributed by atoms with Crippen molar-refractivity contribution in [3.05, 3.63) is 87.1 Å². The van der Waals surface area contributed by atoms with Crippen LogP contribution >= 0.6 is 0 Å². The summed E-state index contributed by atoms with van der Waals surface area (Å²) in [5.74, 6) is -0.486. The Morgan fingerprint density at radius 3 is 2.81 bits per heavy atom. The first-order valence-electron chi connectivity index (χ1n) is 10.9. The molecule has 32 heavy (non-hydrogen) atoms. The van der Waals surface area contributed by atoms with Crippen LogP contribution in [0.1, 0.15) is 45.3 Å². The molecule has 0 saturated heterocycles. The quantitative estimate of drug-likeness (QED) is 0.667. The van der Waals surface area contributed by atoms with Gasteiger partial charge in [0, 0.05) is 19.6 Å². The molecule has 8 nitrogen and oxygen atoms in total. The van der Waals surface area contributed by atoms with Gasteiger partial charge in [-0.3, -0.25) is 14.2 Å². The molecule has 8 heteroatoms. The van der Waals surface area contributed by atoms with Gasteiger partial charge in [0.1, 0.15) is 6.54 Å². The molecule has 164 valence electrons. The molecule has 1 aliphatic heterocycles. The maximum atomic E-state index is 13.0. The lowest BCUT2D eigenvalue weighted by atomic mass is 10.1. The summed E-state index contributed by atoms with van der Waals surface area (Å²) in [6.07, 6.45) is 1.76. The van der Waals surface area contributed by atoms with E-state index in [1.807, 2.05) is 49.4 Å². The highest BCUT2D eigenvalue weighted by Crippen LogP contribution is 2.30. The molecule has 1 atom stereocenters. The molecule has 3 aromatic rings. The van der Waals surface area contributed by atoms with Crippen molar-refractivity contribution in [3.63, 3.8) is 0 Å². The van der Waals surface area contributed by atoms with Gasteiger partial charge >= 0.3 is 5.69 Å². The third-order valence-corrected chi connectivity index (χ3v) is 6.21.